The second-order valence-corrected chi connectivity index (χ2v) is 8.13. The molecular weight excluding hydrogens is 416 g/mol. The van der Waals surface area contributed by atoms with Crippen molar-refractivity contribution in [3.8, 4) is 17.2 Å². The molecule has 4 aromatic rings. The van der Waals surface area contributed by atoms with Gasteiger partial charge in [-0.05, 0) is 29.3 Å². The van der Waals surface area contributed by atoms with Crippen LogP contribution in [-0.4, -0.2) is 31.8 Å². The predicted molar refractivity (Wildman–Crippen MR) is 129 cm³/mol. The van der Waals surface area contributed by atoms with Crippen molar-refractivity contribution in [3.05, 3.63) is 83.6 Å². The van der Waals surface area contributed by atoms with Gasteiger partial charge < -0.3 is 24.1 Å². The molecule has 1 unspecified atom stereocenters. The molecule has 6 nitrogen and oxygen atoms in total. The Balaban J connectivity index is 1.72. The van der Waals surface area contributed by atoms with Gasteiger partial charge in [-0.2, -0.15) is 0 Å². The number of hydrogen-bond donors (Lipinski definition) is 1. The fourth-order valence-corrected chi connectivity index (χ4v) is 4.84. The maximum atomic E-state index is 12.9. The Kier molecular flexibility index (Phi) is 5.42. The Morgan fingerprint density at radius 3 is 2.39 bits per heavy atom. The third kappa shape index (κ3) is 3.57. The van der Waals surface area contributed by atoms with Crippen LogP contribution in [0.4, 0.5) is 5.69 Å². The van der Waals surface area contributed by atoms with Crippen LogP contribution in [0.1, 0.15) is 29.0 Å². The summed E-state index contributed by atoms with van der Waals surface area (Å²) in [4.78, 5) is 12.9. The summed E-state index contributed by atoms with van der Waals surface area (Å²) < 4.78 is 19.1. The van der Waals surface area contributed by atoms with Crippen molar-refractivity contribution in [2.45, 2.75) is 18.9 Å². The number of hydrogen-bond acceptors (Lipinski definition) is 4. The van der Waals surface area contributed by atoms with Crippen LogP contribution in [0, 0.1) is 0 Å². The molecule has 0 saturated carbocycles. The molecule has 5 rings (SSSR count). The van der Waals surface area contributed by atoms with Gasteiger partial charge >= 0.3 is 0 Å². The van der Waals surface area contributed by atoms with Gasteiger partial charge in [0.05, 0.1) is 32.5 Å². The summed E-state index contributed by atoms with van der Waals surface area (Å²) in [5.74, 6) is 1.45. The lowest BCUT2D eigenvalue weighted by Crippen LogP contribution is -2.14. The Morgan fingerprint density at radius 2 is 1.67 bits per heavy atom. The number of nitrogens with zero attached hydrogens (tertiary/aromatic N) is 1. The number of carbonyl (C=O) groups is 1. The third-order valence-corrected chi connectivity index (χ3v) is 6.28. The first-order valence-electron chi connectivity index (χ1n) is 10.9. The lowest BCUT2D eigenvalue weighted by atomic mass is 9.87. The van der Waals surface area contributed by atoms with Gasteiger partial charge in [0.25, 0.3) is 0 Å². The first-order chi connectivity index (χ1) is 16.1. The van der Waals surface area contributed by atoms with Gasteiger partial charge in [-0.3, -0.25) is 4.79 Å². The van der Waals surface area contributed by atoms with Crippen LogP contribution in [0.2, 0.25) is 0 Å². The third-order valence-electron chi connectivity index (χ3n) is 6.28. The van der Waals surface area contributed by atoms with Crippen LogP contribution < -0.4 is 19.5 Å². The van der Waals surface area contributed by atoms with E-state index in [1.54, 1.807) is 21.3 Å². The zero-order valence-electron chi connectivity index (χ0n) is 18.9. The minimum Gasteiger partial charge on any atom is -0.493 e. The summed E-state index contributed by atoms with van der Waals surface area (Å²) in [5.41, 5.74) is 5.10. The standard InChI is InChI=1S/C27H26N2O4/c1-31-23-13-12-18(26(32-2)27(23)33-3)19-14-24(30)28-21-10-7-11-22-25(21)20(19)16-29(22)15-17-8-5-4-6-9-17/h4-13,16,19H,14-15H2,1-3H3,(H,28,30). The molecule has 1 aromatic heterocycles. The van der Waals surface area contributed by atoms with Crippen LogP contribution in [0.5, 0.6) is 17.2 Å². The van der Waals surface area contributed by atoms with E-state index >= 15 is 0 Å². The van der Waals surface area contributed by atoms with Gasteiger partial charge in [0.1, 0.15) is 0 Å². The monoisotopic (exact) mass is 442 g/mol. The molecule has 1 amide bonds. The highest BCUT2D eigenvalue weighted by molar-refractivity contribution is 6.06. The lowest BCUT2D eigenvalue weighted by molar-refractivity contribution is -0.116. The molecule has 33 heavy (non-hydrogen) atoms. The van der Waals surface area contributed by atoms with E-state index in [1.807, 2.05) is 42.5 Å². The molecule has 0 spiro atoms. The zero-order chi connectivity index (χ0) is 22.9. The fraction of sp³-hybridized carbons (Fsp3) is 0.222. The first-order valence-corrected chi connectivity index (χ1v) is 10.9. The van der Waals surface area contributed by atoms with Crippen LogP contribution in [0.3, 0.4) is 0 Å². The summed E-state index contributed by atoms with van der Waals surface area (Å²) in [5, 5.41) is 4.16. The van der Waals surface area contributed by atoms with Crippen LogP contribution in [0.25, 0.3) is 10.9 Å². The normalized spacial score (nSPS) is 15.1. The molecule has 2 heterocycles. The smallest absolute Gasteiger partial charge is 0.225 e. The fourth-order valence-electron chi connectivity index (χ4n) is 4.84. The molecule has 0 fully saturated rings. The van der Waals surface area contributed by atoms with E-state index < -0.39 is 0 Å². The van der Waals surface area contributed by atoms with E-state index in [4.69, 9.17) is 14.2 Å². The van der Waals surface area contributed by atoms with Crippen LogP contribution in [0.15, 0.2) is 66.9 Å². The van der Waals surface area contributed by atoms with E-state index in [1.165, 1.54) is 5.56 Å². The average molecular weight is 443 g/mol. The average Bonchev–Trinajstić information content (AvgIpc) is 3.13. The number of amides is 1. The molecule has 1 aliphatic rings. The molecule has 6 heteroatoms. The maximum absolute atomic E-state index is 12.9. The highest BCUT2D eigenvalue weighted by atomic mass is 16.5. The molecule has 168 valence electrons. The second-order valence-electron chi connectivity index (χ2n) is 8.13. The van der Waals surface area contributed by atoms with Crippen molar-refractivity contribution < 1.29 is 19.0 Å². The number of anilines is 1. The number of ether oxygens (including phenoxy) is 3. The highest BCUT2D eigenvalue weighted by Crippen LogP contribution is 2.48. The maximum Gasteiger partial charge on any atom is 0.225 e. The minimum absolute atomic E-state index is 0.0323. The van der Waals surface area contributed by atoms with Gasteiger partial charge in [0, 0.05) is 36.0 Å². The van der Waals surface area contributed by atoms with Gasteiger partial charge in [0.2, 0.25) is 11.7 Å². The first kappa shape index (κ1) is 20.9. The Hall–Kier alpha value is -3.93. The van der Waals surface area contributed by atoms with Gasteiger partial charge in [-0.1, -0.05) is 42.5 Å². The summed E-state index contributed by atoms with van der Waals surface area (Å²) in [6, 6.07) is 20.2. The number of benzene rings is 3. The zero-order valence-corrected chi connectivity index (χ0v) is 18.9. The van der Waals surface area contributed by atoms with Gasteiger partial charge in [0.15, 0.2) is 11.5 Å². The van der Waals surface area contributed by atoms with E-state index in [9.17, 15) is 4.79 Å². The quantitative estimate of drug-likeness (QED) is 0.446. The molecule has 0 radical (unpaired) electrons. The minimum atomic E-state index is -0.206. The lowest BCUT2D eigenvalue weighted by Gasteiger charge is -2.21. The van der Waals surface area contributed by atoms with Gasteiger partial charge in [-0.15, -0.1) is 0 Å². The highest BCUT2D eigenvalue weighted by Gasteiger charge is 2.31. The molecule has 3 aromatic carbocycles. The molecule has 1 N–H and O–H groups in total. The van der Waals surface area contributed by atoms with E-state index in [0.717, 1.165) is 34.3 Å². The summed E-state index contributed by atoms with van der Waals surface area (Å²) >= 11 is 0. The van der Waals surface area contributed by atoms with E-state index in [0.29, 0.717) is 23.7 Å². The van der Waals surface area contributed by atoms with Gasteiger partial charge in [-0.25, -0.2) is 0 Å². The SMILES string of the molecule is COc1ccc(C2CC(=O)Nc3cccc4c3c2cn4Cc2ccccc2)c(OC)c1OC. The number of carbonyl (C=O) groups excluding carboxylic acids is 1. The molecule has 1 aliphatic heterocycles. The molecule has 0 aliphatic carbocycles. The predicted octanol–water partition coefficient (Wildman–Crippen LogP) is 5.19. The Labute approximate surface area is 192 Å². The molecule has 0 bridgehead atoms. The van der Waals surface area contributed by atoms with E-state index in [2.05, 4.69) is 34.3 Å². The molecule has 1 atom stereocenters. The van der Waals surface area contributed by atoms with Crippen molar-refractivity contribution in [2.24, 2.45) is 0 Å². The van der Waals surface area contributed by atoms with E-state index in [-0.39, 0.29) is 11.8 Å². The number of methoxy groups -OCH3 is 3. The largest absolute Gasteiger partial charge is 0.493 e. The number of aromatic nitrogens is 1. The van der Waals surface area contributed by atoms with Crippen molar-refractivity contribution in [1.82, 2.24) is 4.57 Å². The van der Waals surface area contributed by atoms with Crippen LogP contribution >= 0.6 is 0 Å². The summed E-state index contributed by atoms with van der Waals surface area (Å²) in [6.45, 7) is 0.741. The second kappa shape index (κ2) is 8.54. The molecular formula is C27H26N2O4. The topological polar surface area (TPSA) is 61.7 Å². The molecule has 0 saturated heterocycles. The Bertz CT molecular complexity index is 1330. The number of rotatable bonds is 6. The Morgan fingerprint density at radius 1 is 0.879 bits per heavy atom. The van der Waals surface area contributed by atoms with Crippen LogP contribution in [-0.2, 0) is 11.3 Å². The number of nitrogens with one attached hydrogen (secondary N) is 1. The van der Waals surface area contributed by atoms with Crippen molar-refractivity contribution in [2.75, 3.05) is 26.6 Å². The van der Waals surface area contributed by atoms with Crippen molar-refractivity contribution in [1.29, 1.82) is 0 Å². The summed E-state index contributed by atoms with van der Waals surface area (Å²) in [6.07, 6.45) is 2.47. The van der Waals surface area contributed by atoms with Crippen molar-refractivity contribution in [3.63, 3.8) is 0 Å². The van der Waals surface area contributed by atoms with Crippen molar-refractivity contribution >= 4 is 22.5 Å². The summed E-state index contributed by atoms with van der Waals surface area (Å²) in [7, 11) is 4.80.